The molecule has 154 valence electrons. The van der Waals surface area contributed by atoms with E-state index in [4.69, 9.17) is 0 Å². The molecule has 0 aromatic heterocycles. The molecule has 0 aromatic rings. The van der Waals surface area contributed by atoms with E-state index in [1.807, 2.05) is 14.1 Å². The van der Waals surface area contributed by atoms with Gasteiger partial charge in [-0.3, -0.25) is 4.79 Å². The van der Waals surface area contributed by atoms with Gasteiger partial charge in [0.1, 0.15) is 0 Å². The van der Waals surface area contributed by atoms with Crippen LogP contribution in [0, 0.1) is 17.8 Å². The number of unbranched alkanes of at least 4 members (excludes halogenated alkanes) is 2. The second-order valence-corrected chi connectivity index (χ2v) is 8.69. The number of hydrogen-bond acceptors (Lipinski definition) is 3. The molecule has 5 atom stereocenters. The highest BCUT2D eigenvalue weighted by molar-refractivity contribution is 5.75. The predicted molar refractivity (Wildman–Crippen MR) is 110 cm³/mol. The fourth-order valence-electron chi connectivity index (χ4n) is 4.59. The summed E-state index contributed by atoms with van der Waals surface area (Å²) in [7, 11) is 3.62. The summed E-state index contributed by atoms with van der Waals surface area (Å²) in [5, 5.41) is 20.4. The van der Waals surface area contributed by atoms with Crippen molar-refractivity contribution in [2.24, 2.45) is 17.8 Å². The van der Waals surface area contributed by atoms with Gasteiger partial charge in [-0.1, -0.05) is 43.6 Å². The molecular weight excluding hydrogens is 338 g/mol. The molecule has 0 bridgehead atoms. The lowest BCUT2D eigenvalue weighted by atomic mass is 9.88. The van der Waals surface area contributed by atoms with Crippen LogP contribution in [0.5, 0.6) is 0 Å². The topological polar surface area (TPSA) is 60.8 Å². The van der Waals surface area contributed by atoms with Gasteiger partial charge in [-0.15, -0.1) is 0 Å². The third-order valence-electron chi connectivity index (χ3n) is 6.24. The van der Waals surface area contributed by atoms with Crippen LogP contribution in [0.3, 0.4) is 0 Å². The summed E-state index contributed by atoms with van der Waals surface area (Å²) >= 11 is 0. The molecule has 27 heavy (non-hydrogen) atoms. The van der Waals surface area contributed by atoms with E-state index < -0.39 is 0 Å². The Balaban J connectivity index is 1.74. The molecular formula is C23H39NO3. The molecule has 1 saturated carbocycles. The molecule has 0 heterocycles. The molecule has 2 aliphatic rings. The van der Waals surface area contributed by atoms with E-state index in [1.54, 1.807) is 4.90 Å². The lowest BCUT2D eigenvalue weighted by molar-refractivity contribution is -0.128. The Bertz CT molecular complexity index is 526. The summed E-state index contributed by atoms with van der Waals surface area (Å²) in [6, 6.07) is 0. The normalized spacial score (nSPS) is 28.4. The van der Waals surface area contributed by atoms with Crippen molar-refractivity contribution in [1.29, 1.82) is 0 Å². The van der Waals surface area contributed by atoms with Crippen molar-refractivity contribution in [3.63, 3.8) is 0 Å². The highest BCUT2D eigenvalue weighted by Gasteiger charge is 2.43. The first-order chi connectivity index (χ1) is 12.9. The Hall–Kier alpha value is -1.13. The maximum Gasteiger partial charge on any atom is 0.222 e. The predicted octanol–water partition coefficient (Wildman–Crippen LogP) is 4.08. The summed E-state index contributed by atoms with van der Waals surface area (Å²) in [6.45, 7) is 2.14. The van der Waals surface area contributed by atoms with E-state index in [-0.39, 0.29) is 24.0 Å². The summed E-state index contributed by atoms with van der Waals surface area (Å²) in [5.41, 5.74) is 1.51. The zero-order valence-electron chi connectivity index (χ0n) is 17.4. The molecule has 0 spiro atoms. The molecule has 4 heteroatoms. The summed E-state index contributed by atoms with van der Waals surface area (Å²) in [4.78, 5) is 13.3. The number of carbonyl (C=O) groups is 1. The van der Waals surface area contributed by atoms with Crippen LogP contribution in [0.15, 0.2) is 23.8 Å². The van der Waals surface area contributed by atoms with Gasteiger partial charge >= 0.3 is 0 Å². The van der Waals surface area contributed by atoms with Crippen LogP contribution in [-0.2, 0) is 4.79 Å². The smallest absolute Gasteiger partial charge is 0.222 e. The zero-order valence-corrected chi connectivity index (χ0v) is 17.4. The molecule has 0 aromatic carbocycles. The van der Waals surface area contributed by atoms with E-state index in [1.165, 1.54) is 5.57 Å². The molecule has 0 aliphatic heterocycles. The summed E-state index contributed by atoms with van der Waals surface area (Å²) in [6.07, 6.45) is 15.6. The molecule has 4 nitrogen and oxygen atoms in total. The van der Waals surface area contributed by atoms with Crippen LogP contribution >= 0.6 is 0 Å². The Morgan fingerprint density at radius 3 is 2.81 bits per heavy atom. The van der Waals surface area contributed by atoms with Gasteiger partial charge in [0.25, 0.3) is 0 Å². The van der Waals surface area contributed by atoms with E-state index in [9.17, 15) is 15.0 Å². The fraction of sp³-hybridized carbons (Fsp3) is 0.783. The Morgan fingerprint density at radius 1 is 1.33 bits per heavy atom. The number of aliphatic hydroxyl groups is 2. The van der Waals surface area contributed by atoms with Crippen molar-refractivity contribution < 1.29 is 15.0 Å². The van der Waals surface area contributed by atoms with Gasteiger partial charge in [0.05, 0.1) is 12.2 Å². The highest BCUT2D eigenvalue weighted by atomic mass is 16.3. The number of allylic oxidation sites excluding steroid dienone is 2. The number of carbonyl (C=O) groups excluding carboxylic acids is 1. The van der Waals surface area contributed by atoms with E-state index in [0.29, 0.717) is 24.7 Å². The molecule has 0 unspecified atom stereocenters. The first kappa shape index (κ1) is 22.2. The molecule has 2 aliphatic carbocycles. The molecule has 0 radical (unpaired) electrons. The van der Waals surface area contributed by atoms with E-state index in [0.717, 1.165) is 51.4 Å². The minimum atomic E-state index is -0.252. The van der Waals surface area contributed by atoms with Crippen molar-refractivity contribution in [3.05, 3.63) is 23.8 Å². The zero-order chi connectivity index (χ0) is 19.8. The number of rotatable bonds is 11. The largest absolute Gasteiger partial charge is 0.393 e. The van der Waals surface area contributed by atoms with E-state index >= 15 is 0 Å². The average molecular weight is 378 g/mol. The highest BCUT2D eigenvalue weighted by Crippen LogP contribution is 2.48. The molecule has 2 rings (SSSR count). The van der Waals surface area contributed by atoms with E-state index in [2.05, 4.69) is 25.2 Å². The summed E-state index contributed by atoms with van der Waals surface area (Å²) in [5.74, 6) is 1.44. The first-order valence-electron chi connectivity index (χ1n) is 10.8. The number of fused-ring (bicyclic) bond motifs is 1. The van der Waals surface area contributed by atoms with Crippen molar-refractivity contribution in [3.8, 4) is 0 Å². The van der Waals surface area contributed by atoms with Crippen molar-refractivity contribution in [2.75, 3.05) is 14.1 Å². The third kappa shape index (κ3) is 6.76. The van der Waals surface area contributed by atoms with Crippen LogP contribution in [0.25, 0.3) is 0 Å². The Morgan fingerprint density at radius 2 is 2.11 bits per heavy atom. The molecule has 0 saturated heterocycles. The number of amides is 1. The molecule has 2 N–H and O–H groups in total. The van der Waals surface area contributed by atoms with Crippen molar-refractivity contribution in [2.45, 2.75) is 83.3 Å². The Labute approximate surface area is 165 Å². The van der Waals surface area contributed by atoms with Gasteiger partial charge in [-0.2, -0.15) is 0 Å². The van der Waals surface area contributed by atoms with Gasteiger partial charge in [-0.25, -0.2) is 0 Å². The van der Waals surface area contributed by atoms with Gasteiger partial charge in [0.2, 0.25) is 5.91 Å². The van der Waals surface area contributed by atoms with Crippen LogP contribution in [0.2, 0.25) is 0 Å². The standard InChI is InChI=1S/C23H39NO3/c1-4-5-10-19(25)11-8-12-20-21-15-17(14-18(21)16-22(20)26)9-6-7-13-23(27)24(2)3/h8,12,14,18-22,25-26H,4-7,9-11,13,15-16H2,1-3H3/t18-,19+,20+,21-,22+/m0/s1. The number of aliphatic hydroxyl groups excluding tert-OH is 2. The minimum Gasteiger partial charge on any atom is -0.393 e. The van der Waals surface area contributed by atoms with Crippen molar-refractivity contribution >= 4 is 5.91 Å². The minimum absolute atomic E-state index is 0.210. The molecule has 1 fully saturated rings. The Kier molecular flexibility index (Phi) is 9.04. The SMILES string of the molecule is CCCC[C@@H](O)CC=C[C@@H]1[C@H]2CC(CCCCC(=O)N(C)C)=C[C@H]2C[C@H]1O. The lowest BCUT2D eigenvalue weighted by Gasteiger charge is -2.18. The average Bonchev–Trinajstić information content (AvgIpc) is 3.14. The monoisotopic (exact) mass is 377 g/mol. The maximum atomic E-state index is 11.6. The second-order valence-electron chi connectivity index (χ2n) is 8.69. The number of hydrogen-bond donors (Lipinski definition) is 2. The quantitative estimate of drug-likeness (QED) is 0.421. The van der Waals surface area contributed by atoms with Gasteiger partial charge in [0.15, 0.2) is 0 Å². The van der Waals surface area contributed by atoms with Crippen LogP contribution in [0.1, 0.15) is 71.1 Å². The van der Waals surface area contributed by atoms with Gasteiger partial charge in [-0.05, 0) is 56.8 Å². The first-order valence-corrected chi connectivity index (χ1v) is 10.8. The van der Waals surface area contributed by atoms with Crippen LogP contribution < -0.4 is 0 Å². The van der Waals surface area contributed by atoms with Gasteiger partial charge in [0, 0.05) is 26.4 Å². The number of nitrogens with zero attached hydrogens (tertiary/aromatic N) is 1. The van der Waals surface area contributed by atoms with Crippen LogP contribution in [0.4, 0.5) is 0 Å². The lowest BCUT2D eigenvalue weighted by Crippen LogP contribution is -2.21. The van der Waals surface area contributed by atoms with Gasteiger partial charge < -0.3 is 15.1 Å². The second kappa shape index (κ2) is 11.0. The maximum absolute atomic E-state index is 11.6. The fourth-order valence-corrected chi connectivity index (χ4v) is 4.59. The molecule has 1 amide bonds. The van der Waals surface area contributed by atoms with Crippen LogP contribution in [-0.4, -0.2) is 47.3 Å². The third-order valence-corrected chi connectivity index (χ3v) is 6.24. The summed E-state index contributed by atoms with van der Waals surface area (Å²) < 4.78 is 0. The van der Waals surface area contributed by atoms with Crippen molar-refractivity contribution in [1.82, 2.24) is 4.90 Å².